The summed E-state index contributed by atoms with van der Waals surface area (Å²) in [7, 11) is 0. The minimum atomic E-state index is -0.414. The van der Waals surface area contributed by atoms with Crippen LogP contribution < -0.4 is 4.74 Å². The third kappa shape index (κ3) is 3.42. The molecule has 21 heavy (non-hydrogen) atoms. The van der Waals surface area contributed by atoms with E-state index in [1.807, 2.05) is 44.2 Å². The van der Waals surface area contributed by atoms with Crippen molar-refractivity contribution in [2.75, 3.05) is 13.2 Å². The molecular weight excluding hydrogens is 268 g/mol. The van der Waals surface area contributed by atoms with Gasteiger partial charge in [-0.25, -0.2) is 9.48 Å². The number of carbonyl (C=O) groups is 1. The van der Waals surface area contributed by atoms with Gasteiger partial charge in [-0.15, -0.1) is 0 Å². The van der Waals surface area contributed by atoms with Gasteiger partial charge in [0.25, 0.3) is 0 Å². The number of rotatable bonds is 6. The smallest absolute Gasteiger partial charge is 0.359 e. The largest absolute Gasteiger partial charge is 0.478 e. The molecule has 0 aliphatic rings. The van der Waals surface area contributed by atoms with Crippen LogP contribution in [0.25, 0.3) is 0 Å². The normalized spacial score (nSPS) is 10.4. The minimum Gasteiger partial charge on any atom is -0.478 e. The fourth-order valence-corrected chi connectivity index (χ4v) is 2.11. The van der Waals surface area contributed by atoms with E-state index in [0.29, 0.717) is 36.9 Å². The van der Waals surface area contributed by atoms with Gasteiger partial charge < -0.3 is 9.47 Å². The first-order valence-electron chi connectivity index (χ1n) is 7.08. The Morgan fingerprint density at radius 2 is 1.90 bits per heavy atom. The summed E-state index contributed by atoms with van der Waals surface area (Å²) in [6, 6.07) is 9.93. The molecule has 112 valence electrons. The number of aromatic nitrogens is 2. The number of ether oxygens (including phenoxy) is 2. The Kier molecular flexibility index (Phi) is 4.98. The molecule has 0 saturated heterocycles. The molecule has 5 nitrogen and oxygen atoms in total. The summed E-state index contributed by atoms with van der Waals surface area (Å²) in [6.07, 6.45) is 0. The van der Waals surface area contributed by atoms with Gasteiger partial charge in [-0.3, -0.25) is 0 Å². The molecular formula is C16H20N2O3. The van der Waals surface area contributed by atoms with Crippen LogP contribution in [0.2, 0.25) is 0 Å². The molecule has 0 saturated carbocycles. The second kappa shape index (κ2) is 6.92. The van der Waals surface area contributed by atoms with Crippen molar-refractivity contribution < 1.29 is 14.3 Å². The zero-order valence-electron chi connectivity index (χ0n) is 12.6. The van der Waals surface area contributed by atoms with Crippen molar-refractivity contribution in [3.8, 4) is 5.88 Å². The predicted octanol–water partition coefficient (Wildman–Crippen LogP) is 2.82. The van der Waals surface area contributed by atoms with Gasteiger partial charge >= 0.3 is 5.97 Å². The molecule has 0 fully saturated rings. The molecule has 2 rings (SSSR count). The van der Waals surface area contributed by atoms with Gasteiger partial charge in [0.05, 0.1) is 19.8 Å². The number of hydrogen-bond acceptors (Lipinski definition) is 4. The molecule has 5 heteroatoms. The van der Waals surface area contributed by atoms with Crippen molar-refractivity contribution >= 4 is 5.97 Å². The second-order valence-corrected chi connectivity index (χ2v) is 4.58. The number of hydrogen-bond donors (Lipinski definition) is 0. The summed E-state index contributed by atoms with van der Waals surface area (Å²) in [5, 5.41) is 4.36. The molecule has 0 aliphatic heterocycles. The third-order valence-electron chi connectivity index (χ3n) is 3.06. The monoisotopic (exact) mass is 288 g/mol. The first-order chi connectivity index (χ1) is 10.2. The highest BCUT2D eigenvalue weighted by Crippen LogP contribution is 2.23. The average molecular weight is 288 g/mol. The highest BCUT2D eigenvalue weighted by molar-refractivity contribution is 5.89. The van der Waals surface area contributed by atoms with Gasteiger partial charge in [-0.05, 0) is 26.3 Å². The van der Waals surface area contributed by atoms with Crippen LogP contribution in [0.3, 0.4) is 0 Å². The van der Waals surface area contributed by atoms with Gasteiger partial charge in [0.2, 0.25) is 5.88 Å². The Labute approximate surface area is 124 Å². The molecule has 0 aliphatic carbocycles. The fourth-order valence-electron chi connectivity index (χ4n) is 2.11. The van der Waals surface area contributed by atoms with Crippen molar-refractivity contribution in [3.05, 3.63) is 47.2 Å². The summed E-state index contributed by atoms with van der Waals surface area (Å²) < 4.78 is 12.4. The molecule has 0 amide bonds. The maximum atomic E-state index is 11.9. The van der Waals surface area contributed by atoms with E-state index in [2.05, 4.69) is 5.10 Å². The Morgan fingerprint density at radius 3 is 2.52 bits per heavy atom. The van der Waals surface area contributed by atoms with Crippen LogP contribution in [-0.4, -0.2) is 29.0 Å². The third-order valence-corrected chi connectivity index (χ3v) is 3.06. The number of nitrogens with zero attached hydrogens (tertiary/aromatic N) is 2. The molecule has 1 aromatic carbocycles. The summed E-state index contributed by atoms with van der Waals surface area (Å²) in [6.45, 7) is 6.90. The first-order valence-corrected chi connectivity index (χ1v) is 7.08. The van der Waals surface area contributed by atoms with Crippen molar-refractivity contribution in [2.24, 2.45) is 0 Å². The van der Waals surface area contributed by atoms with Crippen LogP contribution in [0.5, 0.6) is 5.88 Å². The van der Waals surface area contributed by atoms with E-state index in [1.165, 1.54) is 0 Å². The van der Waals surface area contributed by atoms with Crippen molar-refractivity contribution in [1.82, 2.24) is 9.78 Å². The maximum absolute atomic E-state index is 11.9. The Morgan fingerprint density at radius 1 is 1.19 bits per heavy atom. The lowest BCUT2D eigenvalue weighted by Crippen LogP contribution is -2.09. The van der Waals surface area contributed by atoms with Gasteiger partial charge in [-0.1, -0.05) is 30.3 Å². The molecule has 1 aromatic heterocycles. The summed E-state index contributed by atoms with van der Waals surface area (Å²) in [5.41, 5.74) is 2.12. The lowest BCUT2D eigenvalue weighted by molar-refractivity contribution is 0.0517. The zero-order chi connectivity index (χ0) is 15.2. The number of carbonyl (C=O) groups excluding carboxylic acids is 1. The quantitative estimate of drug-likeness (QED) is 0.767. The van der Waals surface area contributed by atoms with Gasteiger partial charge in [0.1, 0.15) is 0 Å². The maximum Gasteiger partial charge on any atom is 0.359 e. The van der Waals surface area contributed by atoms with Crippen LogP contribution in [0.15, 0.2) is 30.3 Å². The Balaban J connectivity index is 2.35. The van der Waals surface area contributed by atoms with E-state index in [-0.39, 0.29) is 0 Å². The molecule has 1 heterocycles. The summed E-state index contributed by atoms with van der Waals surface area (Å²) in [5.74, 6) is 0.201. The van der Waals surface area contributed by atoms with E-state index in [0.717, 1.165) is 5.56 Å². The highest BCUT2D eigenvalue weighted by atomic mass is 16.5. The number of benzene rings is 1. The Hall–Kier alpha value is -2.30. The summed E-state index contributed by atoms with van der Waals surface area (Å²) in [4.78, 5) is 11.9. The Bertz CT molecular complexity index is 605. The van der Waals surface area contributed by atoms with Crippen molar-refractivity contribution in [3.63, 3.8) is 0 Å². The van der Waals surface area contributed by atoms with E-state index in [4.69, 9.17) is 9.47 Å². The van der Waals surface area contributed by atoms with Crippen molar-refractivity contribution in [1.29, 1.82) is 0 Å². The molecule has 0 N–H and O–H groups in total. The summed E-state index contributed by atoms with van der Waals surface area (Å²) >= 11 is 0. The van der Waals surface area contributed by atoms with E-state index in [1.54, 1.807) is 11.6 Å². The average Bonchev–Trinajstić information content (AvgIpc) is 2.78. The lowest BCUT2D eigenvalue weighted by atomic mass is 10.2. The van der Waals surface area contributed by atoms with Crippen LogP contribution in [-0.2, 0) is 11.3 Å². The van der Waals surface area contributed by atoms with Gasteiger partial charge in [0.15, 0.2) is 5.69 Å². The molecule has 0 unspecified atom stereocenters. The molecule has 0 radical (unpaired) electrons. The van der Waals surface area contributed by atoms with Gasteiger partial charge in [0, 0.05) is 5.56 Å². The highest BCUT2D eigenvalue weighted by Gasteiger charge is 2.22. The zero-order valence-corrected chi connectivity index (χ0v) is 12.6. The minimum absolute atomic E-state index is 0.316. The SMILES string of the molecule is CCOC(=O)c1nn(Cc2ccccc2)c(OCC)c1C. The van der Waals surface area contributed by atoms with Crippen LogP contribution in [0.4, 0.5) is 0 Å². The van der Waals surface area contributed by atoms with Crippen LogP contribution in [0, 0.1) is 6.92 Å². The topological polar surface area (TPSA) is 53.3 Å². The molecule has 2 aromatic rings. The van der Waals surface area contributed by atoms with E-state index in [9.17, 15) is 4.79 Å². The van der Waals surface area contributed by atoms with Crippen LogP contribution >= 0.6 is 0 Å². The number of esters is 1. The first kappa shape index (κ1) is 15.1. The van der Waals surface area contributed by atoms with Crippen LogP contribution in [0.1, 0.15) is 35.5 Å². The fraction of sp³-hybridized carbons (Fsp3) is 0.375. The lowest BCUT2D eigenvalue weighted by Gasteiger charge is -2.08. The van der Waals surface area contributed by atoms with Crippen molar-refractivity contribution in [2.45, 2.75) is 27.3 Å². The second-order valence-electron chi connectivity index (χ2n) is 4.58. The van der Waals surface area contributed by atoms with E-state index < -0.39 is 5.97 Å². The standard InChI is InChI=1S/C16H20N2O3/c1-4-20-15-12(3)14(16(19)21-5-2)17-18(15)11-13-9-7-6-8-10-13/h6-10H,4-5,11H2,1-3H3. The van der Waals surface area contributed by atoms with E-state index >= 15 is 0 Å². The molecule has 0 atom stereocenters. The van der Waals surface area contributed by atoms with Gasteiger partial charge in [-0.2, -0.15) is 5.10 Å². The predicted molar refractivity (Wildman–Crippen MR) is 79.6 cm³/mol. The molecule has 0 bridgehead atoms. The molecule has 0 spiro atoms.